The molecule has 0 spiro atoms. The molecule has 1 aliphatic heterocycles. The molecule has 0 saturated carbocycles. The van der Waals surface area contributed by atoms with Gasteiger partial charge in [-0.2, -0.15) is 0 Å². The van der Waals surface area contributed by atoms with Crippen LogP contribution in [0.1, 0.15) is 46.8 Å². The van der Waals surface area contributed by atoms with Crippen LogP contribution in [0, 0.1) is 0 Å². The van der Waals surface area contributed by atoms with E-state index in [-0.39, 0.29) is 12.3 Å². The summed E-state index contributed by atoms with van der Waals surface area (Å²) in [6.07, 6.45) is 4.29. The van der Waals surface area contributed by atoms with E-state index in [4.69, 9.17) is 11.6 Å². The Bertz CT molecular complexity index is 987. The summed E-state index contributed by atoms with van der Waals surface area (Å²) < 4.78 is 0. The second kappa shape index (κ2) is 7.06. The second-order valence-corrected chi connectivity index (χ2v) is 7.95. The van der Waals surface area contributed by atoms with Crippen molar-refractivity contribution in [2.75, 3.05) is 6.54 Å². The van der Waals surface area contributed by atoms with E-state index in [0.29, 0.717) is 16.1 Å². The third kappa shape index (κ3) is 3.10. The van der Waals surface area contributed by atoms with E-state index in [0.717, 1.165) is 24.2 Å². The zero-order chi connectivity index (χ0) is 19.9. The number of urea groups is 1. The molecule has 1 fully saturated rings. The number of ketones is 1. The Morgan fingerprint density at radius 3 is 2.57 bits per heavy atom. The highest BCUT2D eigenvalue weighted by atomic mass is 35.5. The van der Waals surface area contributed by atoms with Crippen LogP contribution in [0.15, 0.2) is 42.5 Å². The lowest BCUT2D eigenvalue weighted by molar-refractivity contribution is -0.130. The zero-order valence-electron chi connectivity index (χ0n) is 15.6. The fourth-order valence-electron chi connectivity index (χ4n) is 4.03. The van der Waals surface area contributed by atoms with E-state index in [1.54, 1.807) is 37.3 Å². The van der Waals surface area contributed by atoms with Crippen molar-refractivity contribution in [2.24, 2.45) is 0 Å². The standard InChI is InChI=1S/C22H21ClN2O3/c1-22(17-8-4-5-9-18(17)23)20(27)25(21(28)24-22)13-19(26)16-11-10-14-6-2-3-7-15(14)12-16/h4-5,8-12H,2-3,6-7,13H2,1H3,(H,24,28)/t22-/m1/s1. The summed E-state index contributed by atoms with van der Waals surface area (Å²) in [5, 5.41) is 3.09. The molecule has 2 aliphatic rings. The van der Waals surface area contributed by atoms with Crippen LogP contribution in [0.5, 0.6) is 0 Å². The Morgan fingerprint density at radius 1 is 1.11 bits per heavy atom. The molecule has 28 heavy (non-hydrogen) atoms. The van der Waals surface area contributed by atoms with Crippen LogP contribution in [-0.2, 0) is 23.2 Å². The van der Waals surface area contributed by atoms with E-state index in [9.17, 15) is 14.4 Å². The van der Waals surface area contributed by atoms with Gasteiger partial charge in [0.25, 0.3) is 5.91 Å². The Hall–Kier alpha value is -2.66. The zero-order valence-corrected chi connectivity index (χ0v) is 16.4. The number of benzene rings is 2. The average Bonchev–Trinajstić information content (AvgIpc) is 2.91. The molecule has 0 aromatic heterocycles. The molecule has 5 nitrogen and oxygen atoms in total. The molecule has 1 aliphatic carbocycles. The second-order valence-electron chi connectivity index (χ2n) is 7.54. The van der Waals surface area contributed by atoms with Crippen molar-refractivity contribution in [1.29, 1.82) is 0 Å². The molecule has 2 aromatic carbocycles. The van der Waals surface area contributed by atoms with E-state index in [2.05, 4.69) is 5.32 Å². The van der Waals surface area contributed by atoms with Gasteiger partial charge in [-0.25, -0.2) is 4.79 Å². The summed E-state index contributed by atoms with van der Waals surface area (Å²) in [6, 6.07) is 12.0. The van der Waals surface area contributed by atoms with Crippen molar-refractivity contribution in [3.05, 3.63) is 69.7 Å². The first-order chi connectivity index (χ1) is 13.4. The van der Waals surface area contributed by atoms with E-state index in [1.807, 2.05) is 12.1 Å². The van der Waals surface area contributed by atoms with E-state index in [1.165, 1.54) is 17.5 Å². The summed E-state index contributed by atoms with van der Waals surface area (Å²) in [4.78, 5) is 39.3. The number of rotatable bonds is 4. The number of imide groups is 1. The highest BCUT2D eigenvalue weighted by molar-refractivity contribution is 6.32. The van der Waals surface area contributed by atoms with Gasteiger partial charge in [-0.1, -0.05) is 41.9 Å². The summed E-state index contributed by atoms with van der Waals surface area (Å²) in [5.41, 5.74) is 2.23. The van der Waals surface area contributed by atoms with Gasteiger partial charge in [0.1, 0.15) is 5.54 Å². The molecule has 3 amide bonds. The van der Waals surface area contributed by atoms with Crippen molar-refractivity contribution in [3.8, 4) is 0 Å². The topological polar surface area (TPSA) is 66.5 Å². The van der Waals surface area contributed by atoms with Gasteiger partial charge in [-0.05, 0) is 55.9 Å². The largest absolute Gasteiger partial charge is 0.325 e. The van der Waals surface area contributed by atoms with Crippen LogP contribution in [-0.4, -0.2) is 29.2 Å². The van der Waals surface area contributed by atoms with Crippen molar-refractivity contribution in [1.82, 2.24) is 10.2 Å². The Kier molecular flexibility index (Phi) is 4.71. The number of carbonyl (C=O) groups is 3. The van der Waals surface area contributed by atoms with Crippen LogP contribution in [0.25, 0.3) is 0 Å². The fourth-order valence-corrected chi connectivity index (χ4v) is 4.36. The molecular formula is C22H21ClN2O3. The lowest BCUT2D eigenvalue weighted by Gasteiger charge is -2.23. The Morgan fingerprint density at radius 2 is 1.82 bits per heavy atom. The van der Waals surface area contributed by atoms with Gasteiger partial charge in [0.2, 0.25) is 0 Å². The third-order valence-electron chi connectivity index (χ3n) is 5.66. The summed E-state index contributed by atoms with van der Waals surface area (Å²) in [6.45, 7) is 1.32. The average molecular weight is 397 g/mol. The lowest BCUT2D eigenvalue weighted by Crippen LogP contribution is -2.41. The quantitative estimate of drug-likeness (QED) is 0.630. The number of hydrogen-bond donors (Lipinski definition) is 1. The lowest BCUT2D eigenvalue weighted by atomic mass is 9.89. The molecule has 1 saturated heterocycles. The van der Waals surface area contributed by atoms with Crippen molar-refractivity contribution < 1.29 is 14.4 Å². The van der Waals surface area contributed by atoms with Crippen LogP contribution < -0.4 is 5.32 Å². The summed E-state index contributed by atoms with van der Waals surface area (Å²) in [7, 11) is 0. The molecule has 4 rings (SSSR count). The minimum Gasteiger partial charge on any atom is -0.319 e. The maximum Gasteiger partial charge on any atom is 0.325 e. The predicted molar refractivity (Wildman–Crippen MR) is 106 cm³/mol. The third-order valence-corrected chi connectivity index (χ3v) is 5.99. The van der Waals surface area contributed by atoms with Crippen LogP contribution >= 0.6 is 11.6 Å². The van der Waals surface area contributed by atoms with Crippen molar-refractivity contribution in [2.45, 2.75) is 38.1 Å². The van der Waals surface area contributed by atoms with Crippen molar-refractivity contribution in [3.63, 3.8) is 0 Å². The molecular weight excluding hydrogens is 376 g/mol. The highest BCUT2D eigenvalue weighted by Gasteiger charge is 2.50. The molecule has 0 radical (unpaired) electrons. The molecule has 1 atom stereocenters. The summed E-state index contributed by atoms with van der Waals surface area (Å²) >= 11 is 6.23. The predicted octanol–water partition coefficient (Wildman–Crippen LogP) is 3.87. The minimum absolute atomic E-state index is 0.250. The highest BCUT2D eigenvalue weighted by Crippen LogP contribution is 2.33. The monoisotopic (exact) mass is 396 g/mol. The van der Waals surface area contributed by atoms with Crippen LogP contribution in [0.3, 0.4) is 0 Å². The van der Waals surface area contributed by atoms with E-state index < -0.39 is 17.5 Å². The number of halogens is 1. The van der Waals surface area contributed by atoms with Crippen LogP contribution in [0.2, 0.25) is 5.02 Å². The van der Waals surface area contributed by atoms with Gasteiger partial charge < -0.3 is 5.32 Å². The van der Waals surface area contributed by atoms with Gasteiger partial charge in [0, 0.05) is 16.1 Å². The van der Waals surface area contributed by atoms with Gasteiger partial charge in [0.05, 0.1) is 6.54 Å². The van der Waals surface area contributed by atoms with Gasteiger partial charge >= 0.3 is 6.03 Å². The summed E-state index contributed by atoms with van der Waals surface area (Å²) in [5.74, 6) is -0.725. The van der Waals surface area contributed by atoms with Crippen LogP contribution in [0.4, 0.5) is 4.79 Å². The fraction of sp³-hybridized carbons (Fsp3) is 0.318. The van der Waals surface area contributed by atoms with E-state index >= 15 is 0 Å². The first-order valence-corrected chi connectivity index (χ1v) is 9.82. The number of Topliss-reactive ketones (excluding diaryl/α,β-unsaturated/α-hetero) is 1. The number of carbonyl (C=O) groups excluding carboxylic acids is 3. The van der Waals surface area contributed by atoms with Crippen molar-refractivity contribution >= 4 is 29.3 Å². The molecule has 2 aromatic rings. The SMILES string of the molecule is C[C@]1(c2ccccc2Cl)NC(=O)N(CC(=O)c2ccc3c(c2)CCCC3)C1=O. The number of nitrogens with zero attached hydrogens (tertiary/aromatic N) is 1. The molecule has 144 valence electrons. The smallest absolute Gasteiger partial charge is 0.319 e. The Labute approximate surface area is 168 Å². The molecule has 1 heterocycles. The maximum atomic E-state index is 13.0. The first kappa shape index (κ1) is 18.7. The Balaban J connectivity index is 1.57. The number of amides is 3. The molecule has 0 bridgehead atoms. The molecule has 6 heteroatoms. The number of hydrogen-bond acceptors (Lipinski definition) is 3. The number of fused-ring (bicyclic) bond motifs is 1. The molecule has 1 N–H and O–H groups in total. The van der Waals surface area contributed by atoms with Gasteiger partial charge in [0.15, 0.2) is 5.78 Å². The van der Waals surface area contributed by atoms with Gasteiger partial charge in [-0.3, -0.25) is 14.5 Å². The first-order valence-electron chi connectivity index (χ1n) is 9.44. The normalized spacial score (nSPS) is 21.4. The molecule has 0 unspecified atom stereocenters. The number of nitrogens with one attached hydrogen (secondary N) is 1. The maximum absolute atomic E-state index is 13.0. The number of aryl methyl sites for hydroxylation is 2. The minimum atomic E-state index is -1.29. The van der Waals surface area contributed by atoms with Gasteiger partial charge in [-0.15, -0.1) is 0 Å².